The molecule has 0 atom stereocenters. The van der Waals surface area contributed by atoms with E-state index in [1.54, 1.807) is 37.5 Å². The van der Waals surface area contributed by atoms with Gasteiger partial charge in [-0.15, -0.1) is 0 Å². The Morgan fingerprint density at radius 3 is 2.70 bits per heavy atom. The molecule has 0 bridgehead atoms. The molecule has 2 aromatic carbocycles. The first kappa shape index (κ1) is 16.3. The number of methoxy groups -OCH3 is 1. The first-order valence-corrected chi connectivity index (χ1v) is 7.08. The Bertz CT molecular complexity index is 682. The van der Waals surface area contributed by atoms with Gasteiger partial charge in [0.1, 0.15) is 11.5 Å². The molecule has 0 aliphatic rings. The molecule has 5 nitrogen and oxygen atoms in total. The van der Waals surface area contributed by atoms with Gasteiger partial charge in [0.2, 0.25) is 0 Å². The molecule has 0 saturated carbocycles. The average molecular weight is 310 g/mol. The third-order valence-electron chi connectivity index (χ3n) is 2.85. The van der Waals surface area contributed by atoms with Crippen molar-refractivity contribution in [3.63, 3.8) is 0 Å². The van der Waals surface area contributed by atoms with Gasteiger partial charge in [-0.1, -0.05) is 42.5 Å². The van der Waals surface area contributed by atoms with Gasteiger partial charge in [-0.05, 0) is 23.8 Å². The number of hydrogen-bond acceptors (Lipinski definition) is 4. The van der Waals surface area contributed by atoms with Gasteiger partial charge in [-0.2, -0.15) is 5.10 Å². The van der Waals surface area contributed by atoms with Crippen molar-refractivity contribution in [1.82, 2.24) is 5.43 Å². The van der Waals surface area contributed by atoms with E-state index in [-0.39, 0.29) is 12.5 Å². The van der Waals surface area contributed by atoms with Crippen LogP contribution in [0.4, 0.5) is 0 Å². The van der Waals surface area contributed by atoms with Crippen molar-refractivity contribution in [3.05, 3.63) is 66.2 Å². The fourth-order valence-corrected chi connectivity index (χ4v) is 1.74. The van der Waals surface area contributed by atoms with Crippen molar-refractivity contribution in [2.45, 2.75) is 0 Å². The number of carbonyl (C=O) groups excluding carboxylic acids is 1. The Labute approximate surface area is 135 Å². The second-order valence-electron chi connectivity index (χ2n) is 4.55. The quantitative estimate of drug-likeness (QED) is 0.632. The van der Waals surface area contributed by atoms with Crippen LogP contribution in [0, 0.1) is 0 Å². The molecule has 0 spiro atoms. The smallest absolute Gasteiger partial charge is 0.277 e. The first-order valence-electron chi connectivity index (χ1n) is 7.08. The summed E-state index contributed by atoms with van der Waals surface area (Å²) in [5.41, 5.74) is 3.45. The minimum absolute atomic E-state index is 0.118. The Morgan fingerprint density at radius 2 is 1.91 bits per heavy atom. The highest BCUT2D eigenvalue weighted by molar-refractivity contribution is 5.81. The second-order valence-corrected chi connectivity index (χ2v) is 4.55. The van der Waals surface area contributed by atoms with E-state index in [9.17, 15) is 4.79 Å². The zero-order valence-corrected chi connectivity index (χ0v) is 12.8. The molecule has 1 amide bonds. The molecule has 2 rings (SSSR count). The Balaban J connectivity index is 1.72. The van der Waals surface area contributed by atoms with E-state index < -0.39 is 0 Å². The molecule has 2 aromatic rings. The molecule has 5 heteroatoms. The number of amides is 1. The summed E-state index contributed by atoms with van der Waals surface area (Å²) in [5.74, 6) is 0.900. The number of carbonyl (C=O) groups is 1. The van der Waals surface area contributed by atoms with Crippen LogP contribution in [-0.2, 0) is 4.79 Å². The number of hydrazone groups is 1. The van der Waals surface area contributed by atoms with Crippen LogP contribution in [-0.4, -0.2) is 25.8 Å². The molecule has 23 heavy (non-hydrogen) atoms. The highest BCUT2D eigenvalue weighted by Gasteiger charge is 2.01. The lowest BCUT2D eigenvalue weighted by molar-refractivity contribution is -0.123. The Hall–Kier alpha value is -3.08. The molecular weight excluding hydrogens is 292 g/mol. The van der Waals surface area contributed by atoms with Crippen molar-refractivity contribution < 1.29 is 14.3 Å². The summed E-state index contributed by atoms with van der Waals surface area (Å²) in [6, 6.07) is 16.9. The Morgan fingerprint density at radius 1 is 1.13 bits per heavy atom. The van der Waals surface area contributed by atoms with E-state index in [2.05, 4.69) is 10.5 Å². The fourth-order valence-electron chi connectivity index (χ4n) is 1.74. The maximum Gasteiger partial charge on any atom is 0.277 e. The number of allylic oxidation sites excluding steroid dienone is 1. The topological polar surface area (TPSA) is 59.9 Å². The van der Waals surface area contributed by atoms with Crippen LogP contribution in [0.15, 0.2) is 65.8 Å². The molecule has 0 aliphatic carbocycles. The lowest BCUT2D eigenvalue weighted by Gasteiger charge is -2.06. The van der Waals surface area contributed by atoms with E-state index in [4.69, 9.17) is 9.47 Å². The number of hydrogen-bond donors (Lipinski definition) is 1. The molecule has 0 heterocycles. The summed E-state index contributed by atoms with van der Waals surface area (Å²) >= 11 is 0. The molecule has 1 N–H and O–H groups in total. The van der Waals surface area contributed by atoms with E-state index in [1.165, 1.54) is 6.21 Å². The van der Waals surface area contributed by atoms with Crippen LogP contribution in [0.2, 0.25) is 0 Å². The third-order valence-corrected chi connectivity index (χ3v) is 2.85. The molecular formula is C18H18N2O3. The molecule has 0 aromatic heterocycles. The minimum atomic E-state index is -0.336. The molecule has 0 radical (unpaired) electrons. The second kappa shape index (κ2) is 9.04. The maximum atomic E-state index is 11.6. The zero-order valence-electron chi connectivity index (χ0n) is 12.8. The van der Waals surface area contributed by atoms with Gasteiger partial charge >= 0.3 is 0 Å². The van der Waals surface area contributed by atoms with Crippen LogP contribution in [0.5, 0.6) is 11.5 Å². The lowest BCUT2D eigenvalue weighted by Crippen LogP contribution is -2.24. The predicted octanol–water partition coefficient (Wildman–Crippen LogP) is 2.89. The van der Waals surface area contributed by atoms with Gasteiger partial charge in [-0.25, -0.2) is 5.43 Å². The molecule has 0 unspecified atom stereocenters. The van der Waals surface area contributed by atoms with Gasteiger partial charge in [-0.3, -0.25) is 4.79 Å². The summed E-state index contributed by atoms with van der Waals surface area (Å²) in [6.45, 7) is -0.118. The van der Waals surface area contributed by atoms with Gasteiger partial charge in [0.05, 0.1) is 7.11 Å². The molecule has 0 saturated heterocycles. The molecule has 0 aliphatic heterocycles. The summed E-state index contributed by atoms with van der Waals surface area (Å²) in [4.78, 5) is 11.6. The number of rotatable bonds is 7. The summed E-state index contributed by atoms with van der Waals surface area (Å²) in [5, 5.41) is 3.82. The van der Waals surface area contributed by atoms with Crippen LogP contribution < -0.4 is 14.9 Å². The van der Waals surface area contributed by atoms with Crippen molar-refractivity contribution in [3.8, 4) is 11.5 Å². The lowest BCUT2D eigenvalue weighted by atomic mass is 10.2. The van der Waals surface area contributed by atoms with Crippen molar-refractivity contribution in [1.29, 1.82) is 0 Å². The van der Waals surface area contributed by atoms with Crippen LogP contribution >= 0.6 is 0 Å². The van der Waals surface area contributed by atoms with Crippen LogP contribution in [0.3, 0.4) is 0 Å². The predicted molar refractivity (Wildman–Crippen MR) is 90.6 cm³/mol. The van der Waals surface area contributed by atoms with Crippen LogP contribution in [0.1, 0.15) is 5.56 Å². The largest absolute Gasteiger partial charge is 0.497 e. The van der Waals surface area contributed by atoms with Crippen molar-refractivity contribution >= 4 is 18.2 Å². The monoisotopic (exact) mass is 310 g/mol. The van der Waals surface area contributed by atoms with E-state index >= 15 is 0 Å². The van der Waals surface area contributed by atoms with Gasteiger partial charge in [0.15, 0.2) is 6.61 Å². The number of nitrogens with one attached hydrogen (secondary N) is 1. The SMILES string of the molecule is COc1cccc(OCC(=O)N/N=C/C=C/c2ccccc2)c1. The number of nitrogens with zero attached hydrogens (tertiary/aromatic N) is 1. The summed E-state index contributed by atoms with van der Waals surface area (Å²) < 4.78 is 10.4. The molecule has 0 fully saturated rings. The Kier molecular flexibility index (Phi) is 6.41. The number of benzene rings is 2. The minimum Gasteiger partial charge on any atom is -0.497 e. The summed E-state index contributed by atoms with van der Waals surface area (Å²) in [6.07, 6.45) is 5.15. The van der Waals surface area contributed by atoms with Gasteiger partial charge in [0, 0.05) is 12.3 Å². The third kappa shape index (κ3) is 6.05. The van der Waals surface area contributed by atoms with Gasteiger partial charge < -0.3 is 9.47 Å². The molecule has 118 valence electrons. The fraction of sp³-hybridized carbons (Fsp3) is 0.111. The van der Waals surface area contributed by atoms with E-state index in [0.29, 0.717) is 11.5 Å². The summed E-state index contributed by atoms with van der Waals surface area (Å²) in [7, 11) is 1.57. The van der Waals surface area contributed by atoms with E-state index in [0.717, 1.165) is 5.56 Å². The highest BCUT2D eigenvalue weighted by Crippen LogP contribution is 2.18. The normalized spacial score (nSPS) is 10.8. The zero-order chi connectivity index (χ0) is 16.3. The number of ether oxygens (including phenoxy) is 2. The van der Waals surface area contributed by atoms with Crippen molar-refractivity contribution in [2.75, 3.05) is 13.7 Å². The average Bonchev–Trinajstić information content (AvgIpc) is 2.61. The van der Waals surface area contributed by atoms with Crippen LogP contribution in [0.25, 0.3) is 6.08 Å². The van der Waals surface area contributed by atoms with Gasteiger partial charge in [0.25, 0.3) is 5.91 Å². The van der Waals surface area contributed by atoms with Crippen molar-refractivity contribution in [2.24, 2.45) is 5.10 Å². The van der Waals surface area contributed by atoms with E-state index in [1.807, 2.05) is 36.4 Å². The highest BCUT2D eigenvalue weighted by atomic mass is 16.5. The maximum absolute atomic E-state index is 11.6. The standard InChI is InChI=1S/C18H18N2O3/c1-22-16-10-5-11-17(13-16)23-14-18(21)20-19-12-6-9-15-7-3-2-4-8-15/h2-13H,14H2,1H3,(H,20,21)/b9-6+,19-12+. The first-order chi connectivity index (χ1) is 11.3.